The smallest absolute Gasteiger partial charge is 0.244 e. The number of rotatable bonds is 6. The molecule has 0 aliphatic heterocycles. The summed E-state index contributed by atoms with van der Waals surface area (Å²) >= 11 is 6.01. The van der Waals surface area contributed by atoms with Crippen LogP contribution in [-0.4, -0.2) is 19.6 Å². The summed E-state index contributed by atoms with van der Waals surface area (Å²) in [7, 11) is 1.57. The van der Waals surface area contributed by atoms with Gasteiger partial charge in [-0.15, -0.1) is 0 Å². The number of carbonyl (C=O) groups excluding carboxylic acids is 1. The van der Waals surface area contributed by atoms with Gasteiger partial charge < -0.3 is 10.1 Å². The van der Waals surface area contributed by atoms with E-state index in [0.29, 0.717) is 10.6 Å². The van der Waals surface area contributed by atoms with E-state index in [1.165, 1.54) is 18.2 Å². The Morgan fingerprint density at radius 2 is 2.04 bits per heavy atom. The predicted octanol–water partition coefficient (Wildman–Crippen LogP) is 4.17. The molecule has 0 aromatic heterocycles. The maximum atomic E-state index is 13.5. The zero-order valence-electron chi connectivity index (χ0n) is 13.6. The van der Waals surface area contributed by atoms with E-state index in [2.05, 4.69) is 5.32 Å². The van der Waals surface area contributed by atoms with Crippen molar-refractivity contribution in [2.45, 2.75) is 12.5 Å². The molecule has 0 aliphatic carbocycles. The average Bonchev–Trinajstić information content (AvgIpc) is 2.59. The number of amides is 1. The van der Waals surface area contributed by atoms with Gasteiger partial charge in [-0.05, 0) is 36.8 Å². The van der Waals surface area contributed by atoms with Gasteiger partial charge in [-0.1, -0.05) is 41.9 Å². The summed E-state index contributed by atoms with van der Waals surface area (Å²) in [6.45, 7) is 2.11. The molecule has 24 heavy (non-hydrogen) atoms. The van der Waals surface area contributed by atoms with E-state index in [4.69, 9.17) is 16.3 Å². The molecular formula is C19H19ClFNO2. The molecule has 2 aromatic rings. The molecule has 2 rings (SSSR count). The first-order valence-corrected chi connectivity index (χ1v) is 7.84. The summed E-state index contributed by atoms with van der Waals surface area (Å²) in [6.07, 6.45) is 2.74. The number of methoxy groups -OCH3 is 1. The minimum Gasteiger partial charge on any atom is -0.372 e. The molecule has 0 radical (unpaired) electrons. The van der Waals surface area contributed by atoms with Crippen LogP contribution in [0.25, 0.3) is 6.08 Å². The Labute approximate surface area is 146 Å². The molecule has 0 fully saturated rings. The molecule has 5 heteroatoms. The van der Waals surface area contributed by atoms with Crippen molar-refractivity contribution < 1.29 is 13.9 Å². The second-order valence-electron chi connectivity index (χ2n) is 5.52. The summed E-state index contributed by atoms with van der Waals surface area (Å²) in [6, 6.07) is 13.5. The molecular weight excluding hydrogens is 329 g/mol. The highest BCUT2D eigenvalue weighted by molar-refractivity contribution is 6.30. The van der Waals surface area contributed by atoms with Crippen molar-refractivity contribution in [3.05, 3.63) is 76.6 Å². The summed E-state index contributed by atoms with van der Waals surface area (Å²) < 4.78 is 19.1. The van der Waals surface area contributed by atoms with Gasteiger partial charge in [0.15, 0.2) is 0 Å². The van der Waals surface area contributed by atoms with Crippen molar-refractivity contribution in [1.29, 1.82) is 0 Å². The van der Waals surface area contributed by atoms with E-state index in [-0.39, 0.29) is 18.3 Å². The maximum absolute atomic E-state index is 13.5. The fourth-order valence-electron chi connectivity index (χ4n) is 2.20. The summed E-state index contributed by atoms with van der Waals surface area (Å²) in [4.78, 5) is 12.0. The van der Waals surface area contributed by atoms with Crippen molar-refractivity contribution >= 4 is 23.6 Å². The molecule has 0 heterocycles. The van der Waals surface area contributed by atoms with Gasteiger partial charge >= 0.3 is 0 Å². The molecule has 1 amide bonds. The van der Waals surface area contributed by atoms with Crippen LogP contribution in [0.5, 0.6) is 0 Å². The number of benzene rings is 2. The van der Waals surface area contributed by atoms with E-state index in [0.717, 1.165) is 5.56 Å². The lowest BCUT2D eigenvalue weighted by Gasteiger charge is -2.29. The fraction of sp³-hybridized carbons (Fsp3) is 0.211. The van der Waals surface area contributed by atoms with E-state index in [1.807, 2.05) is 19.1 Å². The summed E-state index contributed by atoms with van der Waals surface area (Å²) in [5, 5.41) is 3.36. The monoisotopic (exact) mass is 347 g/mol. The molecule has 0 saturated heterocycles. The number of halogens is 2. The first-order chi connectivity index (χ1) is 11.4. The average molecular weight is 348 g/mol. The minimum absolute atomic E-state index is 0.254. The van der Waals surface area contributed by atoms with Crippen molar-refractivity contribution in [3.63, 3.8) is 0 Å². The zero-order chi connectivity index (χ0) is 17.6. The third-order valence-corrected chi connectivity index (χ3v) is 4.04. The van der Waals surface area contributed by atoms with Crippen molar-refractivity contribution in [1.82, 2.24) is 5.32 Å². The number of hydrogen-bond acceptors (Lipinski definition) is 2. The van der Waals surface area contributed by atoms with Crippen LogP contribution in [-0.2, 0) is 15.1 Å². The summed E-state index contributed by atoms with van der Waals surface area (Å²) in [5.74, 6) is -0.703. The molecule has 0 bridgehead atoms. The Kier molecular flexibility index (Phi) is 6.12. The van der Waals surface area contributed by atoms with E-state index < -0.39 is 5.60 Å². The highest BCUT2D eigenvalue weighted by atomic mass is 35.5. The fourth-order valence-corrected chi connectivity index (χ4v) is 2.39. The van der Waals surface area contributed by atoms with E-state index in [1.54, 1.807) is 37.4 Å². The Balaban J connectivity index is 2.02. The second-order valence-corrected chi connectivity index (χ2v) is 5.95. The third-order valence-electron chi connectivity index (χ3n) is 3.81. The molecule has 0 spiro atoms. The topological polar surface area (TPSA) is 38.3 Å². The van der Waals surface area contributed by atoms with E-state index >= 15 is 0 Å². The van der Waals surface area contributed by atoms with Crippen molar-refractivity contribution in [2.24, 2.45) is 0 Å². The van der Waals surface area contributed by atoms with E-state index in [9.17, 15) is 9.18 Å². The molecule has 1 atom stereocenters. The van der Waals surface area contributed by atoms with Crippen molar-refractivity contribution in [3.8, 4) is 0 Å². The quantitative estimate of drug-likeness (QED) is 0.796. The normalized spacial score (nSPS) is 13.7. The number of carbonyl (C=O) groups is 1. The number of ether oxygens (including phenoxy) is 1. The van der Waals surface area contributed by atoms with Crippen LogP contribution in [0.3, 0.4) is 0 Å². The van der Waals surface area contributed by atoms with Gasteiger partial charge in [0.2, 0.25) is 5.91 Å². The molecule has 0 saturated carbocycles. The van der Waals surface area contributed by atoms with Gasteiger partial charge in [0.1, 0.15) is 11.4 Å². The van der Waals surface area contributed by atoms with Gasteiger partial charge in [-0.3, -0.25) is 4.79 Å². The Morgan fingerprint density at radius 1 is 1.29 bits per heavy atom. The minimum atomic E-state index is -0.716. The van der Waals surface area contributed by atoms with Crippen LogP contribution in [0.1, 0.15) is 18.1 Å². The first-order valence-electron chi connectivity index (χ1n) is 7.46. The lowest BCUT2D eigenvalue weighted by molar-refractivity contribution is -0.118. The molecule has 0 aliphatic rings. The Morgan fingerprint density at radius 3 is 2.71 bits per heavy atom. The molecule has 1 N–H and O–H groups in total. The number of hydrogen-bond donors (Lipinski definition) is 1. The van der Waals surface area contributed by atoms with Gasteiger partial charge in [0.25, 0.3) is 0 Å². The van der Waals surface area contributed by atoms with Crippen LogP contribution >= 0.6 is 11.6 Å². The first kappa shape index (κ1) is 18.2. The van der Waals surface area contributed by atoms with Gasteiger partial charge in [0, 0.05) is 23.8 Å². The van der Waals surface area contributed by atoms with Crippen LogP contribution in [0.4, 0.5) is 4.39 Å². The molecule has 3 nitrogen and oxygen atoms in total. The highest BCUT2D eigenvalue weighted by Gasteiger charge is 2.26. The largest absolute Gasteiger partial charge is 0.372 e. The molecule has 126 valence electrons. The molecule has 1 unspecified atom stereocenters. The van der Waals surface area contributed by atoms with Gasteiger partial charge in [-0.25, -0.2) is 4.39 Å². The second kappa shape index (κ2) is 8.08. The van der Waals surface area contributed by atoms with Crippen molar-refractivity contribution in [2.75, 3.05) is 13.7 Å². The van der Waals surface area contributed by atoms with Crippen LogP contribution in [0.15, 0.2) is 54.6 Å². The lowest BCUT2D eigenvalue weighted by Crippen LogP contribution is -2.39. The molecule has 2 aromatic carbocycles. The standard InChI is InChI=1S/C19H19ClFNO2/c1-19(24-2,15-7-5-8-16(20)12-15)13-22-18(23)11-10-14-6-3-4-9-17(14)21/h3-12H,13H2,1-2H3,(H,22,23)/b11-10+. The predicted molar refractivity (Wildman–Crippen MR) is 94.3 cm³/mol. The van der Waals surface area contributed by atoms with Crippen LogP contribution in [0.2, 0.25) is 5.02 Å². The van der Waals surface area contributed by atoms with Gasteiger partial charge in [0.05, 0.1) is 6.54 Å². The SMILES string of the molecule is COC(C)(CNC(=O)/C=C/c1ccccc1F)c1cccc(Cl)c1. The highest BCUT2D eigenvalue weighted by Crippen LogP contribution is 2.26. The Bertz CT molecular complexity index is 748. The third kappa shape index (κ3) is 4.66. The lowest BCUT2D eigenvalue weighted by atomic mass is 9.95. The summed E-state index contributed by atoms with van der Waals surface area (Å²) in [5.41, 5.74) is 0.500. The Hall–Kier alpha value is -2.17. The number of nitrogens with one attached hydrogen (secondary N) is 1. The van der Waals surface area contributed by atoms with Crippen LogP contribution in [0, 0.1) is 5.82 Å². The van der Waals surface area contributed by atoms with Crippen LogP contribution < -0.4 is 5.32 Å². The zero-order valence-corrected chi connectivity index (χ0v) is 14.3. The maximum Gasteiger partial charge on any atom is 0.244 e. The van der Waals surface area contributed by atoms with Gasteiger partial charge in [-0.2, -0.15) is 0 Å².